The summed E-state index contributed by atoms with van der Waals surface area (Å²) in [5.74, 6) is -2.61. The molecule has 1 aliphatic carbocycles. The zero-order valence-electron chi connectivity index (χ0n) is 10.4. The van der Waals surface area contributed by atoms with Crippen molar-refractivity contribution in [3.05, 3.63) is 35.5 Å². The number of hydrogen-bond acceptors (Lipinski definition) is 3. The number of carbonyl (C=O) groups is 3. The van der Waals surface area contributed by atoms with Gasteiger partial charge in [-0.25, -0.2) is 4.79 Å². The molecule has 2 N–H and O–H groups in total. The number of Topliss-reactive ketones (excluding diaryl/α,β-unsaturated/α-hetero) is 1. The highest BCUT2D eigenvalue weighted by atomic mass is 16.4. The Morgan fingerprint density at radius 3 is 2.60 bits per heavy atom. The topological polar surface area (TPSA) is 96.6 Å². The monoisotopic (exact) mass is 273 g/mol. The molecular weight excluding hydrogens is 262 g/mol. The summed E-state index contributed by atoms with van der Waals surface area (Å²) in [5, 5.41) is 18.6. The minimum atomic E-state index is -1.14. The second kappa shape index (κ2) is 4.19. The smallest absolute Gasteiger partial charge is 0.415 e. The predicted octanol–water partition coefficient (Wildman–Crippen LogP) is 2.00. The highest BCUT2D eigenvalue weighted by Crippen LogP contribution is 2.32. The lowest BCUT2D eigenvalue weighted by atomic mass is 9.81. The summed E-state index contributed by atoms with van der Waals surface area (Å²) >= 11 is 0. The van der Waals surface area contributed by atoms with Crippen LogP contribution in [0.15, 0.2) is 24.4 Å². The number of carboxylic acid groups (broad SMARTS) is 2. The average molecular weight is 273 g/mol. The van der Waals surface area contributed by atoms with E-state index in [1.165, 1.54) is 6.20 Å². The van der Waals surface area contributed by atoms with Crippen LogP contribution in [0.2, 0.25) is 0 Å². The van der Waals surface area contributed by atoms with Gasteiger partial charge in [0.05, 0.1) is 5.52 Å². The van der Waals surface area contributed by atoms with Crippen molar-refractivity contribution in [1.82, 2.24) is 4.57 Å². The first-order valence-electron chi connectivity index (χ1n) is 6.14. The van der Waals surface area contributed by atoms with Crippen molar-refractivity contribution in [2.45, 2.75) is 12.8 Å². The lowest BCUT2D eigenvalue weighted by Gasteiger charge is -2.21. The van der Waals surface area contributed by atoms with Gasteiger partial charge in [0.15, 0.2) is 5.78 Å². The number of fused-ring (bicyclic) bond motifs is 3. The molecule has 102 valence electrons. The third-order valence-electron chi connectivity index (χ3n) is 3.73. The van der Waals surface area contributed by atoms with Gasteiger partial charge in [-0.15, -0.1) is 0 Å². The third kappa shape index (κ3) is 1.61. The van der Waals surface area contributed by atoms with Gasteiger partial charge in [0.2, 0.25) is 0 Å². The van der Waals surface area contributed by atoms with E-state index in [0.717, 1.165) is 10.1 Å². The zero-order chi connectivity index (χ0) is 14.4. The fourth-order valence-electron chi connectivity index (χ4n) is 2.77. The molecule has 3 rings (SSSR count). The number of nitrogens with zero attached hydrogens (tertiary/aromatic N) is 1. The average Bonchev–Trinajstić information content (AvgIpc) is 2.82. The molecule has 0 fully saturated rings. The van der Waals surface area contributed by atoms with Crippen molar-refractivity contribution in [2.24, 2.45) is 5.92 Å². The van der Waals surface area contributed by atoms with Crippen molar-refractivity contribution in [2.75, 3.05) is 0 Å². The molecule has 0 saturated heterocycles. The lowest BCUT2D eigenvalue weighted by Crippen LogP contribution is -2.29. The number of aromatic nitrogens is 1. The highest BCUT2D eigenvalue weighted by molar-refractivity contribution is 6.17. The second-order valence-corrected chi connectivity index (χ2v) is 4.79. The first-order chi connectivity index (χ1) is 9.50. The van der Waals surface area contributed by atoms with Gasteiger partial charge < -0.3 is 10.2 Å². The molecule has 1 aromatic carbocycles. The number of benzene rings is 1. The van der Waals surface area contributed by atoms with Crippen LogP contribution in [-0.2, 0) is 11.2 Å². The van der Waals surface area contributed by atoms with Crippen LogP contribution in [0.4, 0.5) is 4.79 Å². The van der Waals surface area contributed by atoms with Gasteiger partial charge in [0.25, 0.3) is 0 Å². The Hall–Kier alpha value is -2.63. The van der Waals surface area contributed by atoms with Crippen LogP contribution in [0.25, 0.3) is 10.9 Å². The molecule has 0 bridgehead atoms. The van der Waals surface area contributed by atoms with Crippen LogP contribution in [0.5, 0.6) is 0 Å². The van der Waals surface area contributed by atoms with Crippen LogP contribution < -0.4 is 0 Å². The van der Waals surface area contributed by atoms with Crippen LogP contribution in [-0.4, -0.2) is 32.6 Å². The predicted molar refractivity (Wildman–Crippen MR) is 69.1 cm³/mol. The molecule has 1 aromatic heterocycles. The standard InChI is InChI=1S/C14H11NO5/c16-12-9(13(17)18)3-1-7-2-4-10-8(11(7)12)5-6-15(10)14(19)20/h2,4-6,9H,1,3H2,(H,17,18)(H,19,20). The van der Waals surface area contributed by atoms with Crippen molar-refractivity contribution >= 4 is 28.7 Å². The number of ketones is 1. The number of hydrogen-bond donors (Lipinski definition) is 2. The number of aryl methyl sites for hydroxylation is 1. The molecule has 6 nitrogen and oxygen atoms in total. The molecule has 20 heavy (non-hydrogen) atoms. The molecule has 1 aliphatic rings. The molecule has 0 amide bonds. The minimum Gasteiger partial charge on any atom is -0.481 e. The van der Waals surface area contributed by atoms with Crippen LogP contribution >= 0.6 is 0 Å². The van der Waals surface area contributed by atoms with Crippen molar-refractivity contribution in [1.29, 1.82) is 0 Å². The van der Waals surface area contributed by atoms with E-state index in [-0.39, 0.29) is 6.42 Å². The van der Waals surface area contributed by atoms with Crippen molar-refractivity contribution in [3.63, 3.8) is 0 Å². The Morgan fingerprint density at radius 2 is 1.95 bits per heavy atom. The molecule has 1 heterocycles. The molecule has 1 atom stereocenters. The summed E-state index contributed by atoms with van der Waals surface area (Å²) in [6.07, 6.45) is 1.02. The maximum atomic E-state index is 12.3. The highest BCUT2D eigenvalue weighted by Gasteiger charge is 2.34. The molecule has 0 aliphatic heterocycles. The van der Waals surface area contributed by atoms with E-state index < -0.39 is 23.8 Å². The first kappa shape index (κ1) is 12.4. The normalized spacial score (nSPS) is 18.0. The fraction of sp³-hybridized carbons (Fsp3) is 0.214. The van der Waals surface area contributed by atoms with E-state index >= 15 is 0 Å². The van der Waals surface area contributed by atoms with Gasteiger partial charge >= 0.3 is 12.1 Å². The Bertz CT molecular complexity index is 758. The fourth-order valence-corrected chi connectivity index (χ4v) is 2.77. The number of carboxylic acids is 1. The van der Waals surface area contributed by atoms with Crippen LogP contribution in [0.3, 0.4) is 0 Å². The quantitative estimate of drug-likeness (QED) is 0.774. The van der Waals surface area contributed by atoms with Gasteiger partial charge in [-0.1, -0.05) is 6.07 Å². The number of aliphatic carboxylic acids is 1. The summed E-state index contributed by atoms with van der Waals surface area (Å²) in [7, 11) is 0. The summed E-state index contributed by atoms with van der Waals surface area (Å²) in [6, 6.07) is 4.90. The summed E-state index contributed by atoms with van der Waals surface area (Å²) in [5.41, 5.74) is 1.53. The molecule has 0 saturated carbocycles. The van der Waals surface area contributed by atoms with Gasteiger partial charge in [0.1, 0.15) is 5.92 Å². The van der Waals surface area contributed by atoms with Crippen LogP contribution in [0, 0.1) is 5.92 Å². The van der Waals surface area contributed by atoms with E-state index in [9.17, 15) is 14.4 Å². The number of rotatable bonds is 1. The Kier molecular flexibility index (Phi) is 2.60. The van der Waals surface area contributed by atoms with E-state index in [1.807, 2.05) is 0 Å². The second-order valence-electron chi connectivity index (χ2n) is 4.79. The molecule has 2 aromatic rings. The minimum absolute atomic E-state index is 0.284. The molecule has 0 radical (unpaired) electrons. The van der Waals surface area contributed by atoms with E-state index in [4.69, 9.17) is 10.2 Å². The maximum absolute atomic E-state index is 12.3. The Labute approximate surface area is 113 Å². The lowest BCUT2D eigenvalue weighted by molar-refractivity contribution is -0.140. The van der Waals surface area contributed by atoms with Gasteiger partial charge in [0, 0.05) is 17.1 Å². The van der Waals surface area contributed by atoms with Crippen molar-refractivity contribution in [3.8, 4) is 0 Å². The molecule has 1 unspecified atom stereocenters. The zero-order valence-corrected chi connectivity index (χ0v) is 10.4. The van der Waals surface area contributed by atoms with Gasteiger partial charge in [-0.05, 0) is 30.5 Å². The number of carbonyl (C=O) groups excluding carboxylic acids is 1. The SMILES string of the molecule is O=C(O)C1CCc2ccc3c(ccn3C(=O)O)c2C1=O. The van der Waals surface area contributed by atoms with Crippen molar-refractivity contribution < 1.29 is 24.6 Å². The Balaban J connectivity index is 2.25. The summed E-state index contributed by atoms with van der Waals surface area (Å²) < 4.78 is 1.02. The van der Waals surface area contributed by atoms with E-state index in [0.29, 0.717) is 22.9 Å². The maximum Gasteiger partial charge on any atom is 0.415 e. The molecule has 0 spiro atoms. The van der Waals surface area contributed by atoms with Crippen LogP contribution in [0.1, 0.15) is 22.3 Å². The Morgan fingerprint density at radius 1 is 1.20 bits per heavy atom. The van der Waals surface area contributed by atoms with Gasteiger partial charge in [-0.3, -0.25) is 14.2 Å². The molecular formula is C14H11NO5. The summed E-state index contributed by atoms with van der Waals surface area (Å²) in [4.78, 5) is 34.5. The van der Waals surface area contributed by atoms with E-state index in [2.05, 4.69) is 0 Å². The van der Waals surface area contributed by atoms with Gasteiger partial charge in [-0.2, -0.15) is 0 Å². The molecule has 6 heteroatoms. The summed E-state index contributed by atoms with van der Waals surface area (Å²) in [6.45, 7) is 0. The van der Waals surface area contributed by atoms with E-state index in [1.54, 1.807) is 18.2 Å². The first-order valence-corrected chi connectivity index (χ1v) is 6.14. The third-order valence-corrected chi connectivity index (χ3v) is 3.73. The largest absolute Gasteiger partial charge is 0.481 e.